The first-order chi connectivity index (χ1) is 7.71. The molecule has 2 rings (SSSR count). The zero-order chi connectivity index (χ0) is 12.8. The summed E-state index contributed by atoms with van der Waals surface area (Å²) in [5.74, 6) is 0. The number of aryl methyl sites for hydroxylation is 1. The molecule has 92 valence electrons. The number of nitrogens with zero attached hydrogens (tertiary/aromatic N) is 1. The van der Waals surface area contributed by atoms with Crippen molar-refractivity contribution in [3.8, 4) is 0 Å². The summed E-state index contributed by atoms with van der Waals surface area (Å²) in [7, 11) is -0.447. The highest BCUT2D eigenvalue weighted by molar-refractivity contribution is 6.61. The first-order valence-electron chi connectivity index (χ1n) is 5.71. The van der Waals surface area contributed by atoms with Crippen molar-refractivity contribution in [3.63, 3.8) is 0 Å². The van der Waals surface area contributed by atoms with E-state index in [0.717, 1.165) is 11.3 Å². The Balaban J connectivity index is 2.32. The maximum Gasteiger partial charge on any atom is 0.514 e. The molecule has 0 saturated carbocycles. The van der Waals surface area contributed by atoms with E-state index in [-0.39, 0.29) is 11.2 Å². The van der Waals surface area contributed by atoms with Crippen molar-refractivity contribution in [3.05, 3.63) is 22.8 Å². The molecule has 0 radical (unpaired) electrons. The predicted octanol–water partition coefficient (Wildman–Crippen LogP) is 2.34. The highest BCUT2D eigenvalue weighted by Crippen LogP contribution is 2.36. The lowest BCUT2D eigenvalue weighted by Gasteiger charge is -2.32. The van der Waals surface area contributed by atoms with Gasteiger partial charge in [-0.15, -0.1) is 0 Å². The molecule has 2 heterocycles. The zero-order valence-electron chi connectivity index (χ0n) is 10.9. The monoisotopic (exact) mass is 253 g/mol. The van der Waals surface area contributed by atoms with Crippen molar-refractivity contribution in [2.45, 2.75) is 45.8 Å². The SMILES string of the molecule is Cc1cc(Cl)cc(B2OC(C)(C)C(C)(C)O2)n1. The zero-order valence-corrected chi connectivity index (χ0v) is 11.6. The summed E-state index contributed by atoms with van der Waals surface area (Å²) in [6.07, 6.45) is 0. The van der Waals surface area contributed by atoms with Crippen molar-refractivity contribution < 1.29 is 9.31 Å². The Bertz CT molecular complexity index is 412. The van der Waals surface area contributed by atoms with Crippen LogP contribution in [0, 0.1) is 6.92 Å². The molecule has 0 bridgehead atoms. The molecule has 1 saturated heterocycles. The Hall–Kier alpha value is -0.575. The maximum absolute atomic E-state index is 6.02. The van der Waals surface area contributed by atoms with E-state index in [1.165, 1.54) is 0 Å². The molecule has 1 aromatic heterocycles. The second-order valence-electron chi connectivity index (χ2n) is 5.44. The van der Waals surface area contributed by atoms with E-state index in [9.17, 15) is 0 Å². The summed E-state index contributed by atoms with van der Waals surface area (Å²) in [5, 5.41) is 0.655. The summed E-state index contributed by atoms with van der Waals surface area (Å²) in [6, 6.07) is 3.60. The molecule has 3 nitrogen and oxygen atoms in total. The van der Waals surface area contributed by atoms with E-state index >= 15 is 0 Å². The second-order valence-corrected chi connectivity index (χ2v) is 5.88. The van der Waals surface area contributed by atoms with Gasteiger partial charge in [0.05, 0.1) is 16.8 Å². The molecule has 0 spiro atoms. The average molecular weight is 254 g/mol. The lowest BCUT2D eigenvalue weighted by atomic mass is 9.84. The number of aromatic nitrogens is 1. The Morgan fingerprint density at radius 2 is 1.65 bits per heavy atom. The minimum Gasteiger partial charge on any atom is -0.398 e. The van der Waals surface area contributed by atoms with Crippen molar-refractivity contribution in [2.75, 3.05) is 0 Å². The lowest BCUT2D eigenvalue weighted by molar-refractivity contribution is 0.00578. The van der Waals surface area contributed by atoms with Crippen molar-refractivity contribution in [2.24, 2.45) is 0 Å². The van der Waals surface area contributed by atoms with E-state index < -0.39 is 7.12 Å². The van der Waals surface area contributed by atoms with Gasteiger partial charge in [-0.2, -0.15) is 0 Å². The van der Waals surface area contributed by atoms with Gasteiger partial charge in [0.15, 0.2) is 0 Å². The number of halogens is 1. The third-order valence-corrected chi connectivity index (χ3v) is 3.65. The molecule has 1 fully saturated rings. The highest BCUT2D eigenvalue weighted by atomic mass is 35.5. The van der Waals surface area contributed by atoms with Crippen LogP contribution in [-0.4, -0.2) is 23.3 Å². The molecule has 5 heteroatoms. The van der Waals surface area contributed by atoms with Crippen LogP contribution >= 0.6 is 11.6 Å². The van der Waals surface area contributed by atoms with Crippen LogP contribution in [0.1, 0.15) is 33.4 Å². The summed E-state index contributed by atoms with van der Waals surface area (Å²) in [4.78, 5) is 4.41. The number of hydrogen-bond donors (Lipinski definition) is 0. The maximum atomic E-state index is 6.02. The Morgan fingerprint density at radius 1 is 1.12 bits per heavy atom. The molecule has 17 heavy (non-hydrogen) atoms. The Morgan fingerprint density at radius 3 is 2.12 bits per heavy atom. The third-order valence-electron chi connectivity index (χ3n) is 3.43. The fraction of sp³-hybridized carbons (Fsp3) is 0.583. The van der Waals surface area contributed by atoms with Gasteiger partial charge in [0.1, 0.15) is 0 Å². The molecule has 0 atom stereocenters. The van der Waals surface area contributed by atoms with E-state index in [2.05, 4.69) is 4.98 Å². The molecule has 0 unspecified atom stereocenters. The molecule has 0 N–H and O–H groups in total. The van der Waals surface area contributed by atoms with Gasteiger partial charge < -0.3 is 9.31 Å². The Kier molecular flexibility index (Phi) is 3.01. The first-order valence-corrected chi connectivity index (χ1v) is 6.09. The largest absolute Gasteiger partial charge is 0.514 e. The highest BCUT2D eigenvalue weighted by Gasteiger charge is 2.52. The van der Waals surface area contributed by atoms with Crippen LogP contribution in [0.2, 0.25) is 5.02 Å². The van der Waals surface area contributed by atoms with Crippen molar-refractivity contribution in [1.29, 1.82) is 0 Å². The molecule has 1 aliphatic heterocycles. The number of rotatable bonds is 1. The van der Waals surface area contributed by atoms with Gasteiger partial charge in [0.2, 0.25) is 0 Å². The quantitative estimate of drug-likeness (QED) is 0.720. The number of hydrogen-bond acceptors (Lipinski definition) is 3. The molecular formula is C12H17BClNO2. The molecule has 0 amide bonds. The van der Waals surface area contributed by atoms with E-state index in [1.54, 1.807) is 6.07 Å². The molecular weight excluding hydrogens is 236 g/mol. The summed E-state index contributed by atoms with van der Waals surface area (Å²) in [6.45, 7) is 9.98. The van der Waals surface area contributed by atoms with Gasteiger partial charge in [-0.05, 0) is 46.8 Å². The van der Waals surface area contributed by atoms with Gasteiger partial charge in [0, 0.05) is 10.7 Å². The number of pyridine rings is 1. The van der Waals surface area contributed by atoms with Crippen LogP contribution in [-0.2, 0) is 9.31 Å². The minimum absolute atomic E-state index is 0.352. The van der Waals surface area contributed by atoms with E-state index in [4.69, 9.17) is 20.9 Å². The summed E-state index contributed by atoms with van der Waals surface area (Å²) < 4.78 is 11.8. The van der Waals surface area contributed by atoms with Crippen LogP contribution in [0.3, 0.4) is 0 Å². The van der Waals surface area contributed by atoms with Gasteiger partial charge >= 0.3 is 7.12 Å². The fourth-order valence-electron chi connectivity index (χ4n) is 1.74. The predicted molar refractivity (Wildman–Crippen MR) is 69.7 cm³/mol. The smallest absolute Gasteiger partial charge is 0.398 e. The normalized spacial score (nSPS) is 21.9. The van der Waals surface area contributed by atoms with Gasteiger partial charge in [0.25, 0.3) is 0 Å². The van der Waals surface area contributed by atoms with Crippen LogP contribution < -0.4 is 5.59 Å². The van der Waals surface area contributed by atoms with Crippen LogP contribution in [0.4, 0.5) is 0 Å². The third kappa shape index (κ3) is 2.35. The van der Waals surface area contributed by atoms with Crippen LogP contribution in [0.25, 0.3) is 0 Å². The molecule has 0 aliphatic carbocycles. The topological polar surface area (TPSA) is 31.4 Å². The van der Waals surface area contributed by atoms with Crippen LogP contribution in [0.15, 0.2) is 12.1 Å². The van der Waals surface area contributed by atoms with E-state index in [1.807, 2.05) is 40.7 Å². The first kappa shape index (κ1) is 12.9. The van der Waals surface area contributed by atoms with Crippen molar-refractivity contribution >= 4 is 24.3 Å². The minimum atomic E-state index is -0.447. The lowest BCUT2D eigenvalue weighted by Crippen LogP contribution is -2.41. The van der Waals surface area contributed by atoms with E-state index in [0.29, 0.717) is 5.02 Å². The van der Waals surface area contributed by atoms with Gasteiger partial charge in [-0.1, -0.05) is 11.6 Å². The Labute approximate surface area is 108 Å². The van der Waals surface area contributed by atoms with Gasteiger partial charge in [-0.25, -0.2) is 0 Å². The van der Waals surface area contributed by atoms with Crippen LogP contribution in [0.5, 0.6) is 0 Å². The summed E-state index contributed by atoms with van der Waals surface area (Å²) >= 11 is 6.02. The average Bonchev–Trinajstić information content (AvgIpc) is 2.34. The fourth-order valence-corrected chi connectivity index (χ4v) is 2.00. The summed E-state index contributed by atoms with van der Waals surface area (Å²) in [5.41, 5.74) is 0.890. The molecule has 0 aromatic carbocycles. The standard InChI is InChI=1S/C12H17BClNO2/c1-8-6-9(14)7-10(15-8)13-16-11(2,3)12(4,5)17-13/h6-7H,1-5H3. The second kappa shape index (κ2) is 3.97. The molecule has 1 aromatic rings. The van der Waals surface area contributed by atoms with Crippen molar-refractivity contribution in [1.82, 2.24) is 4.98 Å². The molecule has 1 aliphatic rings. The van der Waals surface area contributed by atoms with Gasteiger partial charge in [-0.3, -0.25) is 4.98 Å².